The Labute approximate surface area is 83.5 Å². The topological polar surface area (TPSA) is 15.3 Å². The number of nitrogens with zero attached hydrogens (tertiary/aromatic N) is 1. The molecule has 1 aromatic heterocycles. The van der Waals surface area contributed by atoms with Crippen LogP contribution in [0.4, 0.5) is 0 Å². The zero-order chi connectivity index (χ0) is 8.93. The lowest BCUT2D eigenvalue weighted by Gasteiger charge is -2.27. The van der Waals surface area contributed by atoms with E-state index in [1.807, 2.05) is 0 Å². The van der Waals surface area contributed by atoms with Gasteiger partial charge in [0.15, 0.2) is 0 Å². The molecule has 1 aliphatic heterocycles. The molecule has 1 N–H and O–H groups in total. The molecule has 0 bridgehead atoms. The summed E-state index contributed by atoms with van der Waals surface area (Å²) in [6.07, 6.45) is 3.85. The van der Waals surface area contributed by atoms with Gasteiger partial charge in [-0.25, -0.2) is 5.01 Å². The third-order valence-corrected chi connectivity index (χ3v) is 3.17. The highest BCUT2D eigenvalue weighted by molar-refractivity contribution is 7.07. The Kier molecular flexibility index (Phi) is 3.35. The Morgan fingerprint density at radius 1 is 1.46 bits per heavy atom. The van der Waals surface area contributed by atoms with E-state index < -0.39 is 0 Å². The lowest BCUT2D eigenvalue weighted by molar-refractivity contribution is 0.155. The van der Waals surface area contributed by atoms with Crippen molar-refractivity contribution in [3.63, 3.8) is 0 Å². The molecule has 1 aliphatic rings. The van der Waals surface area contributed by atoms with Crippen molar-refractivity contribution in [1.82, 2.24) is 10.4 Å². The minimum Gasteiger partial charge on any atom is -0.255 e. The van der Waals surface area contributed by atoms with Gasteiger partial charge in [0, 0.05) is 19.6 Å². The molecule has 1 aromatic rings. The van der Waals surface area contributed by atoms with E-state index in [0.717, 1.165) is 13.1 Å². The van der Waals surface area contributed by atoms with Crippen molar-refractivity contribution < 1.29 is 0 Å². The molecule has 0 amide bonds. The Hall–Kier alpha value is -0.380. The second-order valence-electron chi connectivity index (χ2n) is 3.48. The van der Waals surface area contributed by atoms with Crippen LogP contribution >= 0.6 is 11.3 Å². The van der Waals surface area contributed by atoms with Crippen LogP contribution in [0.15, 0.2) is 16.8 Å². The molecule has 2 heterocycles. The lowest BCUT2D eigenvalue weighted by atomic mass is 10.2. The second kappa shape index (κ2) is 4.74. The highest BCUT2D eigenvalue weighted by atomic mass is 32.1. The SMILES string of the molecule is c1cc(CCN2CCCCN2)cs1. The fourth-order valence-corrected chi connectivity index (χ4v) is 2.34. The third-order valence-electron chi connectivity index (χ3n) is 2.44. The predicted molar refractivity (Wildman–Crippen MR) is 56.8 cm³/mol. The van der Waals surface area contributed by atoms with Crippen molar-refractivity contribution in [1.29, 1.82) is 0 Å². The molecule has 2 rings (SSSR count). The number of hydrogen-bond donors (Lipinski definition) is 1. The van der Waals surface area contributed by atoms with Crippen molar-refractivity contribution in [2.24, 2.45) is 0 Å². The summed E-state index contributed by atoms with van der Waals surface area (Å²) in [7, 11) is 0. The van der Waals surface area contributed by atoms with E-state index >= 15 is 0 Å². The minimum atomic E-state index is 1.15. The molecule has 3 heteroatoms. The minimum absolute atomic E-state index is 1.15. The van der Waals surface area contributed by atoms with E-state index in [1.165, 1.54) is 31.4 Å². The van der Waals surface area contributed by atoms with E-state index in [-0.39, 0.29) is 0 Å². The Balaban J connectivity index is 1.72. The van der Waals surface area contributed by atoms with Crippen LogP contribution < -0.4 is 5.43 Å². The summed E-state index contributed by atoms with van der Waals surface area (Å²) in [6, 6.07) is 2.22. The number of hydrazine groups is 1. The molecule has 0 atom stereocenters. The van der Waals surface area contributed by atoms with Gasteiger partial charge in [-0.3, -0.25) is 5.43 Å². The first-order valence-electron chi connectivity index (χ1n) is 4.95. The summed E-state index contributed by atoms with van der Waals surface area (Å²) in [6.45, 7) is 3.52. The molecule has 2 nitrogen and oxygen atoms in total. The third kappa shape index (κ3) is 2.79. The van der Waals surface area contributed by atoms with Crippen LogP contribution in [0.5, 0.6) is 0 Å². The molecule has 0 radical (unpaired) electrons. The van der Waals surface area contributed by atoms with Gasteiger partial charge in [0.2, 0.25) is 0 Å². The smallest absolute Gasteiger partial charge is 0.0171 e. The highest BCUT2D eigenvalue weighted by Crippen LogP contribution is 2.08. The van der Waals surface area contributed by atoms with Crippen LogP contribution in [0.25, 0.3) is 0 Å². The van der Waals surface area contributed by atoms with Crippen LogP contribution in [0.1, 0.15) is 18.4 Å². The predicted octanol–water partition coefficient (Wildman–Crippen LogP) is 1.89. The quantitative estimate of drug-likeness (QED) is 0.794. The van der Waals surface area contributed by atoms with Crippen molar-refractivity contribution in [2.45, 2.75) is 19.3 Å². The standard InChI is InChI=1S/C10H16N2S/c1-2-6-12(11-5-1)7-3-10-4-8-13-9-10/h4,8-9,11H,1-3,5-7H2. The van der Waals surface area contributed by atoms with Gasteiger partial charge in [0.05, 0.1) is 0 Å². The summed E-state index contributed by atoms with van der Waals surface area (Å²) in [5, 5.41) is 6.74. The summed E-state index contributed by atoms with van der Waals surface area (Å²) in [5.41, 5.74) is 4.89. The van der Waals surface area contributed by atoms with Crippen molar-refractivity contribution in [3.8, 4) is 0 Å². The van der Waals surface area contributed by atoms with Gasteiger partial charge in [0.1, 0.15) is 0 Å². The zero-order valence-corrected chi connectivity index (χ0v) is 8.65. The number of hydrogen-bond acceptors (Lipinski definition) is 3. The van der Waals surface area contributed by atoms with Gasteiger partial charge in [-0.2, -0.15) is 11.3 Å². The molecule has 13 heavy (non-hydrogen) atoms. The Bertz CT molecular complexity index is 227. The van der Waals surface area contributed by atoms with Gasteiger partial charge >= 0.3 is 0 Å². The monoisotopic (exact) mass is 196 g/mol. The summed E-state index contributed by atoms with van der Waals surface area (Å²) >= 11 is 1.79. The normalized spacial score (nSPS) is 19.1. The first kappa shape index (κ1) is 9.19. The fourth-order valence-electron chi connectivity index (χ4n) is 1.63. The second-order valence-corrected chi connectivity index (χ2v) is 4.26. The van der Waals surface area contributed by atoms with Crippen molar-refractivity contribution >= 4 is 11.3 Å². The number of rotatable bonds is 3. The molecular formula is C10H16N2S. The van der Waals surface area contributed by atoms with Gasteiger partial charge < -0.3 is 0 Å². The first-order chi connectivity index (χ1) is 6.45. The Morgan fingerprint density at radius 3 is 3.15 bits per heavy atom. The van der Waals surface area contributed by atoms with E-state index in [1.54, 1.807) is 11.3 Å². The van der Waals surface area contributed by atoms with Crippen LogP contribution in [0.3, 0.4) is 0 Å². The maximum atomic E-state index is 3.42. The molecule has 1 saturated heterocycles. The molecule has 0 aromatic carbocycles. The first-order valence-corrected chi connectivity index (χ1v) is 5.89. The average molecular weight is 196 g/mol. The average Bonchev–Trinajstić information content (AvgIpc) is 2.69. The Morgan fingerprint density at radius 2 is 2.46 bits per heavy atom. The molecule has 72 valence electrons. The van der Waals surface area contributed by atoms with E-state index in [2.05, 4.69) is 27.3 Å². The molecule has 0 spiro atoms. The maximum Gasteiger partial charge on any atom is 0.0171 e. The number of thiophene rings is 1. The van der Waals surface area contributed by atoms with E-state index in [4.69, 9.17) is 0 Å². The zero-order valence-electron chi connectivity index (χ0n) is 7.83. The van der Waals surface area contributed by atoms with Crippen LogP contribution in [0, 0.1) is 0 Å². The van der Waals surface area contributed by atoms with Gasteiger partial charge in [-0.1, -0.05) is 0 Å². The van der Waals surface area contributed by atoms with Crippen LogP contribution in [-0.2, 0) is 6.42 Å². The lowest BCUT2D eigenvalue weighted by Crippen LogP contribution is -2.44. The van der Waals surface area contributed by atoms with Gasteiger partial charge in [0.25, 0.3) is 0 Å². The van der Waals surface area contributed by atoms with Crippen molar-refractivity contribution in [2.75, 3.05) is 19.6 Å². The summed E-state index contributed by atoms with van der Waals surface area (Å²) in [5.74, 6) is 0. The highest BCUT2D eigenvalue weighted by Gasteiger charge is 2.08. The van der Waals surface area contributed by atoms with Crippen LogP contribution in [-0.4, -0.2) is 24.6 Å². The van der Waals surface area contributed by atoms with E-state index in [9.17, 15) is 0 Å². The van der Waals surface area contributed by atoms with Gasteiger partial charge in [-0.15, -0.1) is 0 Å². The summed E-state index contributed by atoms with van der Waals surface area (Å²) < 4.78 is 0. The van der Waals surface area contributed by atoms with Crippen molar-refractivity contribution in [3.05, 3.63) is 22.4 Å². The van der Waals surface area contributed by atoms with E-state index in [0.29, 0.717) is 0 Å². The van der Waals surface area contributed by atoms with Gasteiger partial charge in [-0.05, 0) is 41.7 Å². The molecular weight excluding hydrogens is 180 g/mol. The molecule has 1 fully saturated rings. The largest absolute Gasteiger partial charge is 0.255 e. The maximum absolute atomic E-state index is 3.42. The molecule has 0 unspecified atom stereocenters. The summed E-state index contributed by atoms with van der Waals surface area (Å²) in [4.78, 5) is 0. The van der Waals surface area contributed by atoms with Crippen LogP contribution in [0.2, 0.25) is 0 Å². The fraction of sp³-hybridized carbons (Fsp3) is 0.600. The molecule has 0 aliphatic carbocycles. The number of nitrogens with one attached hydrogen (secondary N) is 1. The molecule has 0 saturated carbocycles.